The molecule has 2 heterocycles. The van der Waals surface area contributed by atoms with Gasteiger partial charge in [-0.15, -0.1) is 0 Å². The van der Waals surface area contributed by atoms with Crippen LogP contribution in [0.2, 0.25) is 0 Å². The first-order valence-electron chi connectivity index (χ1n) is 6.45. The van der Waals surface area contributed by atoms with E-state index < -0.39 is 5.97 Å². The van der Waals surface area contributed by atoms with E-state index in [1.165, 1.54) is 19.4 Å². The van der Waals surface area contributed by atoms with E-state index in [4.69, 9.17) is 14.7 Å². The minimum Gasteiger partial charge on any atom is -0.465 e. The standard InChI is InChI=1S/C14H17N3O3/c1-19-11-3-5-17(6-4-11)13-12(14(18)20-2)7-10(8-15)9-16-13/h7,9,11H,3-6H2,1-2H3. The Kier molecular flexibility index (Phi) is 4.53. The summed E-state index contributed by atoms with van der Waals surface area (Å²) in [5.41, 5.74) is 0.684. The van der Waals surface area contributed by atoms with E-state index in [1.807, 2.05) is 11.0 Å². The van der Waals surface area contributed by atoms with Crippen molar-refractivity contribution in [2.45, 2.75) is 18.9 Å². The number of methoxy groups -OCH3 is 2. The van der Waals surface area contributed by atoms with E-state index in [9.17, 15) is 4.79 Å². The number of nitriles is 1. The number of pyridine rings is 1. The topological polar surface area (TPSA) is 75.5 Å². The Morgan fingerprint density at radius 3 is 2.70 bits per heavy atom. The summed E-state index contributed by atoms with van der Waals surface area (Å²) in [6.07, 6.45) is 3.51. The molecular formula is C14H17N3O3. The first-order chi connectivity index (χ1) is 9.69. The van der Waals surface area contributed by atoms with Gasteiger partial charge in [-0.05, 0) is 18.9 Å². The fraction of sp³-hybridized carbons (Fsp3) is 0.500. The zero-order valence-electron chi connectivity index (χ0n) is 11.6. The minimum atomic E-state index is -0.474. The zero-order chi connectivity index (χ0) is 14.5. The quantitative estimate of drug-likeness (QED) is 0.775. The number of hydrogen-bond donors (Lipinski definition) is 0. The van der Waals surface area contributed by atoms with Crippen molar-refractivity contribution < 1.29 is 14.3 Å². The van der Waals surface area contributed by atoms with Gasteiger partial charge >= 0.3 is 5.97 Å². The molecule has 106 valence electrons. The van der Waals surface area contributed by atoms with Crippen LogP contribution in [0.1, 0.15) is 28.8 Å². The van der Waals surface area contributed by atoms with Crippen LogP contribution in [0.25, 0.3) is 0 Å². The summed E-state index contributed by atoms with van der Waals surface area (Å²) < 4.78 is 10.1. The molecule has 1 aromatic heterocycles. The fourth-order valence-electron chi connectivity index (χ4n) is 2.33. The summed E-state index contributed by atoms with van der Waals surface area (Å²) in [5.74, 6) is 0.101. The average molecular weight is 275 g/mol. The van der Waals surface area contributed by atoms with Gasteiger partial charge in [-0.3, -0.25) is 0 Å². The van der Waals surface area contributed by atoms with Gasteiger partial charge < -0.3 is 14.4 Å². The molecule has 0 saturated carbocycles. The molecule has 1 aliphatic heterocycles. The number of carbonyl (C=O) groups excluding carboxylic acids is 1. The second-order valence-corrected chi connectivity index (χ2v) is 4.62. The zero-order valence-corrected chi connectivity index (χ0v) is 11.6. The third-order valence-electron chi connectivity index (χ3n) is 3.48. The Labute approximate surface area is 117 Å². The summed E-state index contributed by atoms with van der Waals surface area (Å²) in [4.78, 5) is 18.1. The molecule has 6 heteroatoms. The Balaban J connectivity index is 2.27. The highest BCUT2D eigenvalue weighted by Gasteiger charge is 2.24. The lowest BCUT2D eigenvalue weighted by molar-refractivity contribution is 0.0600. The maximum absolute atomic E-state index is 11.8. The van der Waals surface area contributed by atoms with Crippen LogP contribution in [0.4, 0.5) is 5.82 Å². The highest BCUT2D eigenvalue weighted by molar-refractivity contribution is 5.95. The maximum atomic E-state index is 11.8. The number of rotatable bonds is 3. The second-order valence-electron chi connectivity index (χ2n) is 4.62. The Morgan fingerprint density at radius 2 is 2.15 bits per heavy atom. The monoisotopic (exact) mass is 275 g/mol. The Morgan fingerprint density at radius 1 is 1.45 bits per heavy atom. The van der Waals surface area contributed by atoms with Crippen LogP contribution in [0.3, 0.4) is 0 Å². The number of piperidine rings is 1. The molecule has 0 aromatic carbocycles. The van der Waals surface area contributed by atoms with Crippen LogP contribution >= 0.6 is 0 Å². The molecule has 0 atom stereocenters. The number of ether oxygens (including phenoxy) is 2. The van der Waals surface area contributed by atoms with Gasteiger partial charge in [-0.25, -0.2) is 9.78 Å². The molecule has 2 rings (SSSR count). The Bertz CT molecular complexity index is 531. The number of carbonyl (C=O) groups is 1. The number of anilines is 1. The fourth-order valence-corrected chi connectivity index (χ4v) is 2.33. The van der Waals surface area contributed by atoms with Crippen LogP contribution in [0, 0.1) is 11.3 Å². The molecular weight excluding hydrogens is 258 g/mol. The summed E-state index contributed by atoms with van der Waals surface area (Å²) in [5, 5.41) is 8.91. The van der Waals surface area contributed by atoms with Crippen molar-refractivity contribution in [1.29, 1.82) is 5.26 Å². The van der Waals surface area contributed by atoms with E-state index in [1.54, 1.807) is 7.11 Å². The van der Waals surface area contributed by atoms with Gasteiger partial charge in [0, 0.05) is 26.4 Å². The summed E-state index contributed by atoms with van der Waals surface area (Å²) in [7, 11) is 3.03. The molecule has 0 N–H and O–H groups in total. The SMILES string of the molecule is COC(=O)c1cc(C#N)cnc1N1CCC(OC)CC1. The highest BCUT2D eigenvalue weighted by atomic mass is 16.5. The molecule has 0 amide bonds. The van der Waals surface area contributed by atoms with Gasteiger partial charge in [0.25, 0.3) is 0 Å². The lowest BCUT2D eigenvalue weighted by Gasteiger charge is -2.32. The van der Waals surface area contributed by atoms with Gasteiger partial charge in [0.05, 0.1) is 18.8 Å². The van der Waals surface area contributed by atoms with Gasteiger partial charge in [0.1, 0.15) is 17.5 Å². The van der Waals surface area contributed by atoms with Crippen LogP contribution < -0.4 is 4.90 Å². The molecule has 0 radical (unpaired) electrons. The van der Waals surface area contributed by atoms with E-state index in [2.05, 4.69) is 4.98 Å². The van der Waals surface area contributed by atoms with E-state index in [-0.39, 0.29) is 6.10 Å². The summed E-state index contributed by atoms with van der Waals surface area (Å²) in [6.45, 7) is 1.53. The first-order valence-corrected chi connectivity index (χ1v) is 6.45. The lowest BCUT2D eigenvalue weighted by atomic mass is 10.1. The molecule has 1 aromatic rings. The molecule has 0 spiro atoms. The molecule has 0 unspecified atom stereocenters. The van der Waals surface area contributed by atoms with Crippen LogP contribution in [-0.2, 0) is 9.47 Å². The third-order valence-corrected chi connectivity index (χ3v) is 3.48. The highest BCUT2D eigenvalue weighted by Crippen LogP contribution is 2.24. The van der Waals surface area contributed by atoms with E-state index >= 15 is 0 Å². The van der Waals surface area contributed by atoms with Crippen LogP contribution in [0.5, 0.6) is 0 Å². The molecule has 20 heavy (non-hydrogen) atoms. The van der Waals surface area contributed by atoms with Gasteiger partial charge in [-0.1, -0.05) is 0 Å². The van der Waals surface area contributed by atoms with Crippen molar-refractivity contribution in [3.8, 4) is 6.07 Å². The van der Waals surface area contributed by atoms with Gasteiger partial charge in [0.2, 0.25) is 0 Å². The minimum absolute atomic E-state index is 0.256. The summed E-state index contributed by atoms with van der Waals surface area (Å²) in [6, 6.07) is 3.51. The molecule has 0 aliphatic carbocycles. The average Bonchev–Trinajstić information content (AvgIpc) is 2.53. The molecule has 1 aliphatic rings. The predicted octanol–water partition coefficient (Wildman–Crippen LogP) is 1.36. The predicted molar refractivity (Wildman–Crippen MR) is 72.5 cm³/mol. The van der Waals surface area contributed by atoms with Crippen molar-refractivity contribution in [2.24, 2.45) is 0 Å². The van der Waals surface area contributed by atoms with Crippen molar-refractivity contribution >= 4 is 11.8 Å². The van der Waals surface area contributed by atoms with Crippen molar-refractivity contribution in [1.82, 2.24) is 4.98 Å². The van der Waals surface area contributed by atoms with Crippen LogP contribution in [0.15, 0.2) is 12.3 Å². The van der Waals surface area contributed by atoms with Crippen molar-refractivity contribution in [3.63, 3.8) is 0 Å². The molecule has 1 saturated heterocycles. The van der Waals surface area contributed by atoms with Crippen molar-refractivity contribution in [2.75, 3.05) is 32.2 Å². The van der Waals surface area contributed by atoms with Gasteiger partial charge in [-0.2, -0.15) is 5.26 Å². The van der Waals surface area contributed by atoms with Crippen molar-refractivity contribution in [3.05, 3.63) is 23.4 Å². The molecule has 0 bridgehead atoms. The normalized spacial score (nSPS) is 15.8. The van der Waals surface area contributed by atoms with Crippen LogP contribution in [-0.4, -0.2) is 44.4 Å². The first kappa shape index (κ1) is 14.3. The Hall–Kier alpha value is -2.13. The number of nitrogens with zero attached hydrogens (tertiary/aromatic N) is 3. The maximum Gasteiger partial charge on any atom is 0.341 e. The largest absolute Gasteiger partial charge is 0.465 e. The molecule has 1 fully saturated rings. The number of hydrogen-bond acceptors (Lipinski definition) is 6. The second kappa shape index (κ2) is 6.35. The van der Waals surface area contributed by atoms with E-state index in [0.29, 0.717) is 16.9 Å². The summed E-state index contributed by atoms with van der Waals surface area (Å²) >= 11 is 0. The number of aromatic nitrogens is 1. The van der Waals surface area contributed by atoms with Gasteiger partial charge in [0.15, 0.2) is 0 Å². The molecule has 6 nitrogen and oxygen atoms in total. The van der Waals surface area contributed by atoms with E-state index in [0.717, 1.165) is 25.9 Å². The smallest absolute Gasteiger partial charge is 0.341 e. The lowest BCUT2D eigenvalue weighted by Crippen LogP contribution is -2.38. The third kappa shape index (κ3) is 2.89. The number of esters is 1.